The van der Waals surface area contributed by atoms with Gasteiger partial charge in [0.1, 0.15) is 11.5 Å². The van der Waals surface area contributed by atoms with Gasteiger partial charge in [0, 0.05) is 30.0 Å². The van der Waals surface area contributed by atoms with Crippen LogP contribution >= 0.6 is 0 Å². The zero-order chi connectivity index (χ0) is 23.3. The highest BCUT2D eigenvalue weighted by atomic mass is 16.5. The number of aliphatic carboxylic acids is 1. The topological polar surface area (TPSA) is 107 Å². The molecule has 0 bridgehead atoms. The minimum absolute atomic E-state index is 0.172. The summed E-state index contributed by atoms with van der Waals surface area (Å²) in [7, 11) is 6.18. The van der Waals surface area contributed by atoms with Crippen molar-refractivity contribution in [3.63, 3.8) is 0 Å². The lowest BCUT2D eigenvalue weighted by atomic mass is 9.96. The van der Waals surface area contributed by atoms with Crippen molar-refractivity contribution in [3.8, 4) is 23.0 Å². The van der Waals surface area contributed by atoms with Crippen LogP contribution in [0.5, 0.6) is 23.0 Å². The number of carboxylic acid groups (broad SMARTS) is 1. The summed E-state index contributed by atoms with van der Waals surface area (Å²) in [5, 5.41) is 14.9. The van der Waals surface area contributed by atoms with Gasteiger partial charge in [0.15, 0.2) is 11.5 Å². The number of hydrogen-bond donors (Lipinski definition) is 1. The van der Waals surface area contributed by atoms with Gasteiger partial charge in [0.25, 0.3) is 0 Å². The highest BCUT2D eigenvalue weighted by Gasteiger charge is 2.36. The molecular weight excluding hydrogens is 416 g/mol. The Labute approximate surface area is 186 Å². The van der Waals surface area contributed by atoms with E-state index < -0.39 is 17.9 Å². The minimum atomic E-state index is -1.05. The Bertz CT molecular complexity index is 1040. The number of carboxylic acids is 1. The zero-order valence-corrected chi connectivity index (χ0v) is 18.5. The molecule has 9 heteroatoms. The fourth-order valence-electron chi connectivity index (χ4n) is 3.69. The molecule has 1 N–H and O–H groups in total. The van der Waals surface area contributed by atoms with E-state index in [1.807, 2.05) is 18.2 Å². The van der Waals surface area contributed by atoms with Crippen LogP contribution in [0.1, 0.15) is 36.4 Å². The zero-order valence-electron chi connectivity index (χ0n) is 18.5. The number of hydrazone groups is 1. The van der Waals surface area contributed by atoms with Crippen LogP contribution in [0.3, 0.4) is 0 Å². The van der Waals surface area contributed by atoms with Crippen molar-refractivity contribution in [2.24, 2.45) is 5.10 Å². The molecule has 0 spiro atoms. The normalized spacial score (nSPS) is 15.2. The summed E-state index contributed by atoms with van der Waals surface area (Å²) in [6.07, 6.45) is -0.0757. The standard InChI is InChI=1S/C23H26N2O7/c1-29-14-8-9-15(20(12-14)31-3)17-13-18(25(24-17)21(26)10-11-22(27)28)16-6-5-7-19(30-2)23(16)32-4/h5-9,12,18H,10-11,13H2,1-4H3,(H,27,28)/t18-/m1/s1. The van der Waals surface area contributed by atoms with Crippen LogP contribution in [0, 0.1) is 0 Å². The molecule has 0 unspecified atom stereocenters. The van der Waals surface area contributed by atoms with E-state index in [1.165, 1.54) is 19.2 Å². The summed E-state index contributed by atoms with van der Waals surface area (Å²) in [6.45, 7) is 0. The molecular formula is C23H26N2O7. The highest BCUT2D eigenvalue weighted by molar-refractivity contribution is 6.05. The molecule has 1 amide bonds. The number of methoxy groups -OCH3 is 4. The van der Waals surface area contributed by atoms with Crippen molar-refractivity contribution < 1.29 is 33.6 Å². The SMILES string of the molecule is COc1ccc(C2=NN(C(=O)CCC(=O)O)[C@@H](c3cccc(OC)c3OC)C2)c(OC)c1. The number of amides is 1. The lowest BCUT2D eigenvalue weighted by Crippen LogP contribution is -2.27. The predicted molar refractivity (Wildman–Crippen MR) is 117 cm³/mol. The van der Waals surface area contributed by atoms with Crippen molar-refractivity contribution >= 4 is 17.6 Å². The third-order valence-corrected chi connectivity index (χ3v) is 5.23. The smallest absolute Gasteiger partial charge is 0.303 e. The van der Waals surface area contributed by atoms with Gasteiger partial charge in [0.2, 0.25) is 5.91 Å². The number of ether oxygens (including phenoxy) is 4. The number of benzene rings is 2. The maximum absolute atomic E-state index is 13.0. The number of rotatable bonds is 9. The number of carbonyl (C=O) groups excluding carboxylic acids is 1. The van der Waals surface area contributed by atoms with Gasteiger partial charge >= 0.3 is 5.97 Å². The fraction of sp³-hybridized carbons (Fsp3) is 0.348. The molecule has 1 aliphatic heterocycles. The lowest BCUT2D eigenvalue weighted by Gasteiger charge is -2.24. The Morgan fingerprint density at radius 1 is 1.00 bits per heavy atom. The molecule has 170 valence electrons. The number of carbonyl (C=O) groups is 2. The summed E-state index contributed by atoms with van der Waals surface area (Å²) in [5.41, 5.74) is 2.05. The average Bonchev–Trinajstić information content (AvgIpc) is 3.26. The van der Waals surface area contributed by atoms with E-state index in [4.69, 9.17) is 24.1 Å². The first kappa shape index (κ1) is 22.9. The summed E-state index contributed by atoms with van der Waals surface area (Å²) in [6, 6.07) is 10.3. The first-order valence-electron chi connectivity index (χ1n) is 9.98. The molecule has 2 aromatic carbocycles. The molecule has 1 atom stereocenters. The average molecular weight is 442 g/mol. The summed E-state index contributed by atoms with van der Waals surface area (Å²) < 4.78 is 21.8. The third kappa shape index (κ3) is 4.61. The van der Waals surface area contributed by atoms with Crippen LogP contribution < -0.4 is 18.9 Å². The van der Waals surface area contributed by atoms with E-state index in [-0.39, 0.29) is 12.8 Å². The van der Waals surface area contributed by atoms with Gasteiger partial charge in [-0.15, -0.1) is 0 Å². The van der Waals surface area contributed by atoms with E-state index in [9.17, 15) is 9.59 Å². The van der Waals surface area contributed by atoms with Crippen molar-refractivity contribution in [1.29, 1.82) is 0 Å². The van der Waals surface area contributed by atoms with Crippen molar-refractivity contribution in [2.45, 2.75) is 25.3 Å². The Balaban J connectivity index is 2.05. The molecule has 0 aromatic heterocycles. The van der Waals surface area contributed by atoms with Gasteiger partial charge in [0.05, 0.1) is 46.6 Å². The number of hydrogen-bond acceptors (Lipinski definition) is 7. The second-order valence-electron chi connectivity index (χ2n) is 7.05. The van der Waals surface area contributed by atoms with E-state index in [0.717, 1.165) is 0 Å². The number of para-hydroxylation sites is 1. The molecule has 3 rings (SSSR count). The molecule has 1 heterocycles. The molecule has 0 saturated heterocycles. The minimum Gasteiger partial charge on any atom is -0.497 e. The van der Waals surface area contributed by atoms with E-state index in [1.54, 1.807) is 32.4 Å². The Morgan fingerprint density at radius 3 is 2.38 bits per heavy atom. The maximum atomic E-state index is 13.0. The van der Waals surface area contributed by atoms with Crippen molar-refractivity contribution in [2.75, 3.05) is 28.4 Å². The molecule has 32 heavy (non-hydrogen) atoms. The van der Waals surface area contributed by atoms with E-state index >= 15 is 0 Å². The molecule has 2 aromatic rings. The van der Waals surface area contributed by atoms with E-state index in [2.05, 4.69) is 5.10 Å². The monoisotopic (exact) mass is 442 g/mol. The van der Waals surface area contributed by atoms with Crippen molar-refractivity contribution in [3.05, 3.63) is 47.5 Å². The molecule has 1 aliphatic rings. The molecule has 0 fully saturated rings. The first-order valence-corrected chi connectivity index (χ1v) is 9.98. The van der Waals surface area contributed by atoms with Crippen LogP contribution in [0.4, 0.5) is 0 Å². The summed E-state index contributed by atoms with van der Waals surface area (Å²) in [4.78, 5) is 24.0. The second kappa shape index (κ2) is 10.0. The van der Waals surface area contributed by atoms with Crippen LogP contribution in [0.2, 0.25) is 0 Å². The molecule has 9 nitrogen and oxygen atoms in total. The predicted octanol–water partition coefficient (Wildman–Crippen LogP) is 3.26. The molecule has 0 aliphatic carbocycles. The Hall–Kier alpha value is -3.75. The van der Waals surface area contributed by atoms with Gasteiger partial charge < -0.3 is 24.1 Å². The lowest BCUT2D eigenvalue weighted by molar-refractivity contribution is -0.141. The maximum Gasteiger partial charge on any atom is 0.303 e. The second-order valence-corrected chi connectivity index (χ2v) is 7.05. The van der Waals surface area contributed by atoms with Gasteiger partial charge in [-0.25, -0.2) is 5.01 Å². The summed E-state index contributed by atoms with van der Waals surface area (Å²) >= 11 is 0. The van der Waals surface area contributed by atoms with E-state index in [0.29, 0.717) is 46.3 Å². The first-order chi connectivity index (χ1) is 15.4. The Kier molecular flexibility index (Phi) is 7.19. The van der Waals surface area contributed by atoms with Gasteiger partial charge in [-0.2, -0.15) is 5.10 Å². The van der Waals surface area contributed by atoms with Crippen LogP contribution in [0.15, 0.2) is 41.5 Å². The highest BCUT2D eigenvalue weighted by Crippen LogP contribution is 2.43. The van der Waals surface area contributed by atoms with Crippen LogP contribution in [-0.4, -0.2) is 56.1 Å². The summed E-state index contributed by atoms with van der Waals surface area (Å²) in [5.74, 6) is 0.760. The number of nitrogens with zero attached hydrogens (tertiary/aromatic N) is 2. The van der Waals surface area contributed by atoms with Crippen molar-refractivity contribution in [1.82, 2.24) is 5.01 Å². The van der Waals surface area contributed by atoms with Crippen LogP contribution in [0.25, 0.3) is 0 Å². The Morgan fingerprint density at radius 2 is 1.75 bits per heavy atom. The molecule has 0 radical (unpaired) electrons. The van der Waals surface area contributed by atoms with Gasteiger partial charge in [-0.05, 0) is 18.2 Å². The van der Waals surface area contributed by atoms with Gasteiger partial charge in [-0.3, -0.25) is 9.59 Å². The third-order valence-electron chi connectivity index (χ3n) is 5.23. The largest absolute Gasteiger partial charge is 0.497 e. The molecule has 0 saturated carbocycles. The quantitative estimate of drug-likeness (QED) is 0.635. The fourth-order valence-corrected chi connectivity index (χ4v) is 3.69. The van der Waals surface area contributed by atoms with Gasteiger partial charge in [-0.1, -0.05) is 12.1 Å². The van der Waals surface area contributed by atoms with Crippen LogP contribution in [-0.2, 0) is 9.59 Å².